The van der Waals surface area contributed by atoms with Gasteiger partial charge in [-0.05, 0) is 24.4 Å². The van der Waals surface area contributed by atoms with Gasteiger partial charge in [-0.3, -0.25) is 4.79 Å². The average Bonchev–Trinajstić information content (AvgIpc) is 3.42. The van der Waals surface area contributed by atoms with Crippen LogP contribution < -0.4 is 4.90 Å². The number of amidine groups is 1. The Bertz CT molecular complexity index is 1250. The zero-order chi connectivity index (χ0) is 19.1. The summed E-state index contributed by atoms with van der Waals surface area (Å²) in [5.41, 5.74) is 2.37. The van der Waals surface area contributed by atoms with Gasteiger partial charge in [-0.25, -0.2) is 9.89 Å². The molecule has 4 aromatic rings. The fraction of sp³-hybridized carbons (Fsp3) is 0.0476. The number of rotatable bonds is 3. The first kappa shape index (κ1) is 16.6. The summed E-state index contributed by atoms with van der Waals surface area (Å²) in [5, 5.41) is 10.9. The lowest BCUT2D eigenvalue weighted by Crippen LogP contribution is -2.30. The van der Waals surface area contributed by atoms with Crippen molar-refractivity contribution in [3.63, 3.8) is 0 Å². The van der Waals surface area contributed by atoms with Gasteiger partial charge < -0.3 is 4.57 Å². The molecule has 1 amide bonds. The Labute approximate surface area is 165 Å². The molecule has 6 nitrogen and oxygen atoms in total. The van der Waals surface area contributed by atoms with E-state index in [4.69, 9.17) is 0 Å². The van der Waals surface area contributed by atoms with Gasteiger partial charge in [0, 0.05) is 18.0 Å². The fourth-order valence-electron chi connectivity index (χ4n) is 3.20. The Morgan fingerprint density at radius 1 is 0.964 bits per heavy atom. The van der Waals surface area contributed by atoms with Crippen LogP contribution in [0.1, 0.15) is 6.92 Å². The van der Waals surface area contributed by atoms with Crippen LogP contribution in [-0.2, 0) is 4.79 Å². The van der Waals surface area contributed by atoms with Crippen molar-refractivity contribution in [1.29, 1.82) is 0 Å². The third-order valence-corrected chi connectivity index (χ3v) is 5.50. The standard InChI is InChI=1S/C21H15N5OS/c1-14-22-17(13-25-12-11-15-7-5-6-10-18(15)25)20(27)26(14)21-24-23-19(28-21)16-8-3-2-4-9-16/h2-13H,1H3/b17-13-. The van der Waals surface area contributed by atoms with Crippen LogP contribution in [-0.4, -0.2) is 26.5 Å². The lowest BCUT2D eigenvalue weighted by atomic mass is 10.2. The summed E-state index contributed by atoms with van der Waals surface area (Å²) >= 11 is 1.37. The van der Waals surface area contributed by atoms with Crippen LogP contribution in [0.4, 0.5) is 5.13 Å². The van der Waals surface area contributed by atoms with Gasteiger partial charge in [0.15, 0.2) is 0 Å². The summed E-state index contributed by atoms with van der Waals surface area (Å²) in [5.74, 6) is 0.384. The van der Waals surface area contributed by atoms with Gasteiger partial charge in [-0.15, -0.1) is 10.2 Å². The topological polar surface area (TPSA) is 63.4 Å². The maximum absolute atomic E-state index is 13.0. The minimum absolute atomic E-state index is 0.203. The summed E-state index contributed by atoms with van der Waals surface area (Å²) in [6, 6.07) is 19.8. The molecule has 2 aromatic heterocycles. The van der Waals surface area contributed by atoms with E-state index < -0.39 is 0 Å². The molecule has 7 heteroatoms. The van der Waals surface area contributed by atoms with Crippen molar-refractivity contribution in [1.82, 2.24) is 14.8 Å². The third-order valence-electron chi connectivity index (χ3n) is 4.55. The van der Waals surface area contributed by atoms with Gasteiger partial charge in [0.05, 0.1) is 5.52 Å². The number of hydrogen-bond donors (Lipinski definition) is 0. The number of fused-ring (bicyclic) bond motifs is 1. The highest BCUT2D eigenvalue weighted by atomic mass is 32.1. The molecule has 0 fully saturated rings. The van der Waals surface area contributed by atoms with Crippen molar-refractivity contribution in [2.24, 2.45) is 4.99 Å². The number of amides is 1. The summed E-state index contributed by atoms with van der Waals surface area (Å²) < 4.78 is 1.92. The maximum atomic E-state index is 13.0. The van der Waals surface area contributed by atoms with Crippen LogP contribution in [0.5, 0.6) is 0 Å². The Kier molecular flexibility index (Phi) is 3.87. The van der Waals surface area contributed by atoms with Gasteiger partial charge in [0.25, 0.3) is 5.91 Å². The second kappa shape index (κ2) is 6.54. The molecule has 1 aliphatic rings. The van der Waals surface area contributed by atoms with Crippen LogP contribution >= 0.6 is 11.3 Å². The van der Waals surface area contributed by atoms with Gasteiger partial charge in [0.1, 0.15) is 16.5 Å². The monoisotopic (exact) mass is 385 g/mol. The number of anilines is 1. The molecule has 0 N–H and O–H groups in total. The molecule has 0 atom stereocenters. The molecular weight excluding hydrogens is 370 g/mol. The molecule has 136 valence electrons. The summed E-state index contributed by atoms with van der Waals surface area (Å²) in [4.78, 5) is 19.0. The average molecular weight is 385 g/mol. The zero-order valence-corrected chi connectivity index (χ0v) is 15.8. The molecule has 0 saturated heterocycles. The van der Waals surface area contributed by atoms with Crippen LogP contribution in [0, 0.1) is 0 Å². The normalized spacial score (nSPS) is 15.6. The molecule has 0 saturated carbocycles. The molecule has 0 bridgehead atoms. The molecule has 0 radical (unpaired) electrons. The zero-order valence-electron chi connectivity index (χ0n) is 15.0. The Morgan fingerprint density at radius 2 is 1.75 bits per heavy atom. The lowest BCUT2D eigenvalue weighted by Gasteiger charge is -2.10. The Hall–Kier alpha value is -3.58. The molecule has 1 aliphatic heterocycles. The van der Waals surface area contributed by atoms with E-state index in [1.807, 2.05) is 71.4 Å². The molecule has 5 rings (SSSR count). The number of benzene rings is 2. The van der Waals surface area contributed by atoms with Crippen molar-refractivity contribution in [3.05, 3.63) is 72.6 Å². The van der Waals surface area contributed by atoms with Gasteiger partial charge in [-0.2, -0.15) is 0 Å². The number of nitrogens with zero attached hydrogens (tertiary/aromatic N) is 5. The maximum Gasteiger partial charge on any atom is 0.285 e. The SMILES string of the molecule is CC1=N/C(=C\n2ccc3ccccc32)C(=O)N1c1nnc(-c2ccccc2)s1. The van der Waals surface area contributed by atoms with Gasteiger partial charge in [0.2, 0.25) is 5.13 Å². The van der Waals surface area contributed by atoms with Crippen LogP contribution in [0.25, 0.3) is 27.7 Å². The van der Waals surface area contributed by atoms with Crippen LogP contribution in [0.3, 0.4) is 0 Å². The van der Waals surface area contributed by atoms with E-state index in [2.05, 4.69) is 15.2 Å². The first-order chi connectivity index (χ1) is 13.7. The third kappa shape index (κ3) is 2.73. The number of aliphatic imine (C=N–C) groups is 1. The second-order valence-electron chi connectivity index (χ2n) is 6.35. The summed E-state index contributed by atoms with van der Waals surface area (Å²) in [7, 11) is 0. The van der Waals surface area contributed by atoms with E-state index in [9.17, 15) is 4.79 Å². The highest BCUT2D eigenvalue weighted by Gasteiger charge is 2.32. The smallest absolute Gasteiger partial charge is 0.285 e. The molecular formula is C21H15N5OS. The first-order valence-corrected chi connectivity index (χ1v) is 9.58. The predicted octanol–water partition coefficient (Wildman–Crippen LogP) is 4.42. The first-order valence-electron chi connectivity index (χ1n) is 8.77. The van der Waals surface area contributed by atoms with E-state index in [-0.39, 0.29) is 5.91 Å². The number of carbonyl (C=O) groups excluding carboxylic acids is 1. The quantitative estimate of drug-likeness (QED) is 0.490. The van der Waals surface area contributed by atoms with Crippen molar-refractivity contribution in [3.8, 4) is 10.6 Å². The number of carbonyl (C=O) groups is 1. The minimum atomic E-state index is -0.203. The van der Waals surface area contributed by atoms with Gasteiger partial charge in [-0.1, -0.05) is 59.9 Å². The van der Waals surface area contributed by atoms with E-state index >= 15 is 0 Å². The highest BCUT2D eigenvalue weighted by Crippen LogP contribution is 2.32. The minimum Gasteiger partial charge on any atom is -0.321 e. The molecule has 3 heterocycles. The number of hydrogen-bond acceptors (Lipinski definition) is 5. The Balaban J connectivity index is 1.48. The number of aromatic nitrogens is 3. The van der Waals surface area contributed by atoms with Gasteiger partial charge >= 0.3 is 0 Å². The fourth-order valence-corrected chi connectivity index (χ4v) is 4.09. The highest BCUT2D eigenvalue weighted by molar-refractivity contribution is 7.18. The van der Waals surface area contributed by atoms with Crippen LogP contribution in [0.2, 0.25) is 0 Å². The van der Waals surface area contributed by atoms with Crippen molar-refractivity contribution < 1.29 is 4.79 Å². The van der Waals surface area contributed by atoms with E-state index in [0.29, 0.717) is 16.7 Å². The molecule has 0 spiro atoms. The predicted molar refractivity (Wildman–Crippen MR) is 112 cm³/mol. The molecule has 28 heavy (non-hydrogen) atoms. The van der Waals surface area contributed by atoms with Crippen molar-refractivity contribution in [2.75, 3.05) is 4.90 Å². The van der Waals surface area contributed by atoms with E-state index in [0.717, 1.165) is 21.5 Å². The number of para-hydroxylation sites is 1. The van der Waals surface area contributed by atoms with Crippen molar-refractivity contribution >= 4 is 45.3 Å². The lowest BCUT2D eigenvalue weighted by molar-refractivity contribution is -0.113. The largest absolute Gasteiger partial charge is 0.321 e. The van der Waals surface area contributed by atoms with Crippen LogP contribution in [0.15, 0.2) is 77.5 Å². The summed E-state index contributed by atoms with van der Waals surface area (Å²) in [6.45, 7) is 1.80. The molecule has 2 aromatic carbocycles. The van der Waals surface area contributed by atoms with Crippen molar-refractivity contribution in [2.45, 2.75) is 6.92 Å². The summed E-state index contributed by atoms with van der Waals surface area (Å²) in [6.07, 6.45) is 3.68. The molecule has 0 unspecified atom stereocenters. The second-order valence-corrected chi connectivity index (χ2v) is 7.31. The van der Waals surface area contributed by atoms with E-state index in [1.54, 1.807) is 13.1 Å². The molecule has 0 aliphatic carbocycles. The Morgan fingerprint density at radius 3 is 2.61 bits per heavy atom. The van der Waals surface area contributed by atoms with E-state index in [1.165, 1.54) is 16.2 Å².